The van der Waals surface area contributed by atoms with Gasteiger partial charge in [-0.25, -0.2) is 4.98 Å². The molecule has 0 fully saturated rings. The molecule has 178 valence electrons. The van der Waals surface area contributed by atoms with Crippen molar-refractivity contribution < 1.29 is 9.66 Å². The molecule has 0 bridgehead atoms. The molecule has 0 saturated carbocycles. The lowest BCUT2D eigenvalue weighted by molar-refractivity contribution is -0.386. The Morgan fingerprint density at radius 1 is 1.14 bits per heavy atom. The number of hydrogen-bond donors (Lipinski definition) is 0. The summed E-state index contributed by atoms with van der Waals surface area (Å²) >= 11 is 6.77. The SMILES string of the molecule is CCCc1nc2ccc(Br)cc2c(=O)n1N=Cc1cc(Br)c(OCc2ccccc2)c([N+](=O)[O-])c1. The first-order valence-corrected chi connectivity index (χ1v) is 12.4. The molecule has 8 nitrogen and oxygen atoms in total. The molecule has 0 amide bonds. The van der Waals surface area contributed by atoms with Crippen molar-refractivity contribution in [3.63, 3.8) is 0 Å². The number of aromatic nitrogens is 2. The molecule has 0 aliphatic heterocycles. The van der Waals surface area contributed by atoms with Crippen LogP contribution in [0.1, 0.15) is 30.3 Å². The quantitative estimate of drug-likeness (QED) is 0.135. The number of rotatable bonds is 8. The smallest absolute Gasteiger partial charge is 0.312 e. The van der Waals surface area contributed by atoms with Gasteiger partial charge in [-0.05, 0) is 52.2 Å². The fraction of sp³-hybridized carbons (Fsp3) is 0.160. The summed E-state index contributed by atoms with van der Waals surface area (Å²) in [5.74, 6) is 0.636. The summed E-state index contributed by atoms with van der Waals surface area (Å²) in [6.07, 6.45) is 2.73. The summed E-state index contributed by atoms with van der Waals surface area (Å²) < 4.78 is 8.17. The van der Waals surface area contributed by atoms with Crippen molar-refractivity contribution >= 4 is 54.7 Å². The van der Waals surface area contributed by atoms with Crippen LogP contribution in [-0.4, -0.2) is 20.8 Å². The van der Waals surface area contributed by atoms with Gasteiger partial charge in [0, 0.05) is 22.5 Å². The minimum absolute atomic E-state index is 0.122. The molecule has 0 radical (unpaired) electrons. The van der Waals surface area contributed by atoms with Crippen LogP contribution < -0.4 is 10.3 Å². The lowest BCUT2D eigenvalue weighted by atomic mass is 10.2. The van der Waals surface area contributed by atoms with Crippen molar-refractivity contribution in [3.05, 3.63) is 107 Å². The second kappa shape index (κ2) is 10.9. The lowest BCUT2D eigenvalue weighted by Gasteiger charge is -2.10. The van der Waals surface area contributed by atoms with Crippen molar-refractivity contribution in [1.29, 1.82) is 0 Å². The van der Waals surface area contributed by atoms with E-state index in [-0.39, 0.29) is 23.6 Å². The van der Waals surface area contributed by atoms with Gasteiger partial charge in [0.25, 0.3) is 5.56 Å². The maximum absolute atomic E-state index is 13.2. The zero-order valence-electron chi connectivity index (χ0n) is 18.6. The topological polar surface area (TPSA) is 99.6 Å². The predicted octanol–water partition coefficient (Wildman–Crippen LogP) is 6.24. The zero-order chi connectivity index (χ0) is 24.9. The molecule has 0 spiro atoms. The van der Waals surface area contributed by atoms with Crippen molar-refractivity contribution in [2.45, 2.75) is 26.4 Å². The van der Waals surface area contributed by atoms with E-state index in [2.05, 4.69) is 41.9 Å². The van der Waals surface area contributed by atoms with Crippen molar-refractivity contribution in [2.75, 3.05) is 0 Å². The Bertz CT molecular complexity index is 1490. The first kappa shape index (κ1) is 24.7. The number of aryl methyl sites for hydroxylation is 1. The van der Waals surface area contributed by atoms with Gasteiger partial charge in [-0.3, -0.25) is 14.9 Å². The van der Waals surface area contributed by atoms with Gasteiger partial charge in [0.15, 0.2) is 0 Å². The van der Waals surface area contributed by atoms with E-state index in [0.717, 1.165) is 16.5 Å². The standard InChI is InChI=1S/C25H20Br2N4O4/c1-2-6-23-29-21-10-9-18(26)13-19(21)25(32)30(23)28-14-17-11-20(27)24(22(12-17)31(33)34)35-15-16-7-4-3-5-8-16/h3-5,7-14H,2,6,15H2,1H3. The van der Waals surface area contributed by atoms with Crippen LogP contribution in [0.4, 0.5) is 5.69 Å². The van der Waals surface area contributed by atoms with Crippen LogP contribution >= 0.6 is 31.9 Å². The van der Waals surface area contributed by atoms with E-state index >= 15 is 0 Å². The minimum Gasteiger partial charge on any atom is -0.481 e. The summed E-state index contributed by atoms with van der Waals surface area (Å²) in [5, 5.41) is 16.6. The number of nitrogens with zero attached hydrogens (tertiary/aromatic N) is 4. The van der Waals surface area contributed by atoms with E-state index < -0.39 is 4.92 Å². The minimum atomic E-state index is -0.508. The lowest BCUT2D eigenvalue weighted by Crippen LogP contribution is -2.22. The Morgan fingerprint density at radius 3 is 2.63 bits per heavy atom. The van der Waals surface area contributed by atoms with Crippen LogP contribution in [0.25, 0.3) is 10.9 Å². The second-order valence-corrected chi connectivity index (χ2v) is 9.45. The molecule has 1 heterocycles. The van der Waals surface area contributed by atoms with Crippen LogP contribution in [0.15, 0.2) is 79.5 Å². The molecule has 0 atom stereocenters. The third-order valence-electron chi connectivity index (χ3n) is 5.14. The molecule has 35 heavy (non-hydrogen) atoms. The molecule has 0 saturated heterocycles. The number of halogens is 2. The van der Waals surface area contributed by atoms with Crippen LogP contribution in [-0.2, 0) is 13.0 Å². The highest BCUT2D eigenvalue weighted by atomic mass is 79.9. The van der Waals surface area contributed by atoms with Crippen molar-refractivity contribution in [3.8, 4) is 5.75 Å². The molecule has 0 unspecified atom stereocenters. The number of ether oxygens (including phenoxy) is 1. The molecular formula is C25H20Br2N4O4. The molecule has 0 aliphatic carbocycles. The Balaban J connectivity index is 1.72. The highest BCUT2D eigenvalue weighted by Crippen LogP contribution is 2.36. The number of benzene rings is 3. The molecule has 1 aromatic heterocycles. The Hall–Kier alpha value is -3.37. The average Bonchev–Trinajstić information content (AvgIpc) is 2.84. The molecule has 0 N–H and O–H groups in total. The average molecular weight is 600 g/mol. The Kier molecular flexibility index (Phi) is 7.72. The number of fused-ring (bicyclic) bond motifs is 1. The molecule has 3 aromatic carbocycles. The Morgan fingerprint density at radius 2 is 1.91 bits per heavy atom. The third kappa shape index (κ3) is 5.66. The number of nitro benzene ring substituents is 1. The van der Waals surface area contributed by atoms with Gasteiger partial charge in [-0.1, -0.05) is 53.2 Å². The van der Waals surface area contributed by atoms with Gasteiger partial charge in [0.1, 0.15) is 12.4 Å². The van der Waals surface area contributed by atoms with Gasteiger partial charge >= 0.3 is 5.69 Å². The summed E-state index contributed by atoms with van der Waals surface area (Å²) in [4.78, 5) is 29.0. The van der Waals surface area contributed by atoms with Gasteiger partial charge in [-0.2, -0.15) is 9.78 Å². The van der Waals surface area contributed by atoms with E-state index in [0.29, 0.717) is 33.2 Å². The monoisotopic (exact) mass is 598 g/mol. The van der Waals surface area contributed by atoms with E-state index in [4.69, 9.17) is 4.74 Å². The Labute approximate surface area is 217 Å². The molecule has 4 rings (SSSR count). The van der Waals surface area contributed by atoms with Gasteiger partial charge in [-0.15, -0.1) is 0 Å². The van der Waals surface area contributed by atoms with E-state index in [1.165, 1.54) is 17.0 Å². The first-order valence-electron chi connectivity index (χ1n) is 10.8. The van der Waals surface area contributed by atoms with Crippen LogP contribution in [0.5, 0.6) is 5.75 Å². The second-order valence-electron chi connectivity index (χ2n) is 7.68. The maximum Gasteiger partial charge on any atom is 0.312 e. The van der Waals surface area contributed by atoms with E-state index in [1.54, 1.807) is 18.2 Å². The first-order chi connectivity index (χ1) is 16.9. The van der Waals surface area contributed by atoms with E-state index in [1.807, 2.05) is 43.3 Å². The molecule has 10 heteroatoms. The molecular weight excluding hydrogens is 580 g/mol. The van der Waals surface area contributed by atoms with Gasteiger partial charge < -0.3 is 4.74 Å². The fourth-order valence-electron chi connectivity index (χ4n) is 3.51. The predicted molar refractivity (Wildman–Crippen MR) is 142 cm³/mol. The number of hydrogen-bond acceptors (Lipinski definition) is 6. The summed E-state index contributed by atoms with van der Waals surface area (Å²) in [7, 11) is 0. The largest absolute Gasteiger partial charge is 0.481 e. The normalized spacial score (nSPS) is 11.3. The van der Waals surface area contributed by atoms with Crippen molar-refractivity contribution in [2.24, 2.45) is 5.10 Å². The van der Waals surface area contributed by atoms with Crippen molar-refractivity contribution in [1.82, 2.24) is 9.66 Å². The van der Waals surface area contributed by atoms with Gasteiger partial charge in [0.05, 0.1) is 26.5 Å². The molecule has 0 aliphatic rings. The summed E-state index contributed by atoms with van der Waals surface area (Å²) in [6, 6.07) is 17.7. The van der Waals surface area contributed by atoms with Gasteiger partial charge in [0.2, 0.25) is 5.75 Å². The van der Waals surface area contributed by atoms with Crippen LogP contribution in [0.3, 0.4) is 0 Å². The van der Waals surface area contributed by atoms with Crippen LogP contribution in [0.2, 0.25) is 0 Å². The van der Waals surface area contributed by atoms with Crippen LogP contribution in [0, 0.1) is 10.1 Å². The summed E-state index contributed by atoms with van der Waals surface area (Å²) in [6.45, 7) is 2.17. The maximum atomic E-state index is 13.2. The highest BCUT2D eigenvalue weighted by Gasteiger charge is 2.20. The fourth-order valence-corrected chi connectivity index (χ4v) is 4.45. The van der Waals surface area contributed by atoms with E-state index in [9.17, 15) is 14.9 Å². The zero-order valence-corrected chi connectivity index (χ0v) is 21.8. The third-order valence-corrected chi connectivity index (χ3v) is 6.22. The number of nitro groups is 1. The molecule has 4 aromatic rings. The highest BCUT2D eigenvalue weighted by molar-refractivity contribution is 9.10. The summed E-state index contributed by atoms with van der Waals surface area (Å²) in [5.41, 5.74) is 1.38.